The first kappa shape index (κ1) is 15.0. The fraction of sp³-hybridized carbons (Fsp3) is 0.143. The molecule has 2 aromatic carbocycles. The number of aliphatic hydroxyl groups is 1. The Morgan fingerprint density at radius 2 is 1.95 bits per heavy atom. The maximum absolute atomic E-state index is 12.3. The van der Waals surface area contributed by atoms with Gasteiger partial charge in [0.2, 0.25) is 0 Å². The molecule has 0 aliphatic carbocycles. The lowest BCUT2D eigenvalue weighted by Crippen LogP contribution is -2.14. The van der Waals surface area contributed by atoms with Gasteiger partial charge in [-0.05, 0) is 42.3 Å². The van der Waals surface area contributed by atoms with Gasteiger partial charge in [-0.15, -0.1) is 0 Å². The Morgan fingerprint density at radius 1 is 1.20 bits per heavy atom. The fourth-order valence-corrected chi connectivity index (χ4v) is 3.27. The van der Waals surface area contributed by atoms with Crippen molar-refractivity contribution < 1.29 is 13.5 Å². The number of anilines is 1. The SMILES string of the molecule is Cc1ccc(Br)cc1NS(=O)(=O)c1cccc(CO)c1. The third-order valence-corrected chi connectivity index (χ3v) is 4.69. The van der Waals surface area contributed by atoms with Crippen LogP contribution in [0.3, 0.4) is 0 Å². The maximum atomic E-state index is 12.3. The number of hydrogen-bond acceptors (Lipinski definition) is 3. The first-order chi connectivity index (χ1) is 9.42. The van der Waals surface area contributed by atoms with Crippen LogP contribution in [0.4, 0.5) is 5.69 Å². The van der Waals surface area contributed by atoms with Gasteiger partial charge in [0.05, 0.1) is 17.2 Å². The van der Waals surface area contributed by atoms with E-state index < -0.39 is 10.0 Å². The molecule has 0 aliphatic heterocycles. The molecule has 0 aliphatic rings. The van der Waals surface area contributed by atoms with E-state index in [9.17, 15) is 8.42 Å². The first-order valence-electron chi connectivity index (χ1n) is 5.91. The average Bonchev–Trinajstić information content (AvgIpc) is 2.43. The molecule has 6 heteroatoms. The van der Waals surface area contributed by atoms with Gasteiger partial charge in [-0.1, -0.05) is 34.1 Å². The van der Waals surface area contributed by atoms with Crippen molar-refractivity contribution in [3.63, 3.8) is 0 Å². The van der Waals surface area contributed by atoms with Gasteiger partial charge in [-0.25, -0.2) is 8.42 Å². The molecule has 0 aromatic heterocycles. The predicted molar refractivity (Wildman–Crippen MR) is 82.1 cm³/mol. The van der Waals surface area contributed by atoms with Gasteiger partial charge in [-0.3, -0.25) is 4.72 Å². The molecule has 0 bridgehead atoms. The van der Waals surface area contributed by atoms with Crippen LogP contribution >= 0.6 is 15.9 Å². The van der Waals surface area contributed by atoms with Crippen LogP contribution < -0.4 is 4.72 Å². The molecule has 0 unspecified atom stereocenters. The summed E-state index contributed by atoms with van der Waals surface area (Å²) in [5.74, 6) is 0. The number of halogens is 1. The highest BCUT2D eigenvalue weighted by molar-refractivity contribution is 9.10. The summed E-state index contributed by atoms with van der Waals surface area (Å²) in [6.07, 6.45) is 0. The zero-order chi connectivity index (χ0) is 14.8. The molecule has 0 fully saturated rings. The minimum absolute atomic E-state index is 0.128. The van der Waals surface area contributed by atoms with Crippen LogP contribution in [-0.2, 0) is 16.6 Å². The second-order valence-electron chi connectivity index (χ2n) is 4.37. The lowest BCUT2D eigenvalue weighted by molar-refractivity contribution is 0.281. The van der Waals surface area contributed by atoms with E-state index in [4.69, 9.17) is 5.11 Å². The highest BCUT2D eigenvalue weighted by atomic mass is 79.9. The lowest BCUT2D eigenvalue weighted by Gasteiger charge is -2.11. The lowest BCUT2D eigenvalue weighted by atomic mass is 10.2. The van der Waals surface area contributed by atoms with E-state index in [0.29, 0.717) is 11.3 Å². The van der Waals surface area contributed by atoms with Crippen LogP contribution in [0.25, 0.3) is 0 Å². The molecule has 2 rings (SSSR count). The smallest absolute Gasteiger partial charge is 0.261 e. The Morgan fingerprint density at radius 3 is 2.65 bits per heavy atom. The highest BCUT2D eigenvalue weighted by Crippen LogP contribution is 2.24. The first-order valence-corrected chi connectivity index (χ1v) is 8.19. The number of sulfonamides is 1. The van der Waals surface area contributed by atoms with E-state index in [1.165, 1.54) is 12.1 Å². The molecule has 2 N–H and O–H groups in total. The summed E-state index contributed by atoms with van der Waals surface area (Å²) in [6.45, 7) is 1.63. The molecule has 0 atom stereocenters. The number of aryl methyl sites for hydroxylation is 1. The monoisotopic (exact) mass is 355 g/mol. The van der Waals surface area contributed by atoms with Crippen molar-refractivity contribution in [3.8, 4) is 0 Å². The largest absolute Gasteiger partial charge is 0.392 e. The third-order valence-electron chi connectivity index (χ3n) is 2.84. The van der Waals surface area contributed by atoms with Crippen molar-refractivity contribution in [2.45, 2.75) is 18.4 Å². The number of hydrogen-bond donors (Lipinski definition) is 2. The second kappa shape index (κ2) is 5.95. The van der Waals surface area contributed by atoms with Crippen molar-refractivity contribution in [1.82, 2.24) is 0 Å². The van der Waals surface area contributed by atoms with Gasteiger partial charge >= 0.3 is 0 Å². The molecule has 0 saturated carbocycles. The van der Waals surface area contributed by atoms with E-state index in [1.807, 2.05) is 19.1 Å². The normalized spacial score (nSPS) is 11.3. The molecule has 0 radical (unpaired) electrons. The second-order valence-corrected chi connectivity index (χ2v) is 6.97. The zero-order valence-electron chi connectivity index (χ0n) is 10.8. The molecule has 0 heterocycles. The quantitative estimate of drug-likeness (QED) is 0.885. The molecule has 4 nitrogen and oxygen atoms in total. The molecule has 20 heavy (non-hydrogen) atoms. The number of benzene rings is 2. The van der Waals surface area contributed by atoms with Gasteiger partial charge in [0, 0.05) is 4.47 Å². The average molecular weight is 356 g/mol. The van der Waals surface area contributed by atoms with Gasteiger partial charge in [0.25, 0.3) is 10.0 Å². The minimum Gasteiger partial charge on any atom is -0.392 e. The molecule has 0 saturated heterocycles. The summed E-state index contributed by atoms with van der Waals surface area (Å²) in [5, 5.41) is 9.08. The topological polar surface area (TPSA) is 66.4 Å². The van der Waals surface area contributed by atoms with Gasteiger partial charge in [0.1, 0.15) is 0 Å². The van der Waals surface area contributed by atoms with E-state index in [1.54, 1.807) is 18.2 Å². The molecular formula is C14H14BrNO3S. The van der Waals surface area contributed by atoms with E-state index in [0.717, 1.165) is 10.0 Å². The summed E-state index contributed by atoms with van der Waals surface area (Å²) in [7, 11) is -3.67. The van der Waals surface area contributed by atoms with E-state index >= 15 is 0 Å². The van der Waals surface area contributed by atoms with Crippen molar-refractivity contribution in [3.05, 3.63) is 58.1 Å². The summed E-state index contributed by atoms with van der Waals surface area (Å²) in [6, 6.07) is 11.6. The van der Waals surface area contributed by atoms with E-state index in [2.05, 4.69) is 20.7 Å². The summed E-state index contributed by atoms with van der Waals surface area (Å²) >= 11 is 3.32. The summed E-state index contributed by atoms with van der Waals surface area (Å²) < 4.78 is 28.0. The Hall–Kier alpha value is -1.37. The molecular weight excluding hydrogens is 342 g/mol. The number of aliphatic hydroxyl groups excluding tert-OH is 1. The van der Waals surface area contributed by atoms with Crippen molar-refractivity contribution in [1.29, 1.82) is 0 Å². The Kier molecular flexibility index (Phi) is 4.47. The van der Waals surface area contributed by atoms with Crippen LogP contribution in [0, 0.1) is 6.92 Å². The Labute approximate surface area is 126 Å². The Balaban J connectivity index is 2.38. The van der Waals surface area contributed by atoms with Crippen molar-refractivity contribution in [2.24, 2.45) is 0 Å². The third kappa shape index (κ3) is 3.39. The van der Waals surface area contributed by atoms with Crippen molar-refractivity contribution >= 4 is 31.6 Å². The van der Waals surface area contributed by atoms with Gasteiger partial charge < -0.3 is 5.11 Å². The molecule has 2 aromatic rings. The maximum Gasteiger partial charge on any atom is 0.261 e. The van der Waals surface area contributed by atoms with Gasteiger partial charge in [0.15, 0.2) is 0 Å². The zero-order valence-corrected chi connectivity index (χ0v) is 13.2. The predicted octanol–water partition coefficient (Wildman–Crippen LogP) is 3.05. The number of rotatable bonds is 4. The van der Waals surface area contributed by atoms with Crippen LogP contribution in [0.5, 0.6) is 0 Å². The fourth-order valence-electron chi connectivity index (χ4n) is 1.72. The van der Waals surface area contributed by atoms with Gasteiger partial charge in [-0.2, -0.15) is 0 Å². The van der Waals surface area contributed by atoms with E-state index in [-0.39, 0.29) is 11.5 Å². The molecule has 0 spiro atoms. The standard InChI is InChI=1S/C14H14BrNO3S/c1-10-5-6-12(15)8-14(10)16-20(18,19)13-4-2-3-11(7-13)9-17/h2-8,16-17H,9H2,1H3. The number of nitrogens with one attached hydrogen (secondary N) is 1. The summed E-state index contributed by atoms with van der Waals surface area (Å²) in [5.41, 5.74) is 1.91. The molecule has 0 amide bonds. The van der Waals surface area contributed by atoms with Crippen LogP contribution in [0.2, 0.25) is 0 Å². The van der Waals surface area contributed by atoms with Crippen LogP contribution in [0.15, 0.2) is 51.8 Å². The van der Waals surface area contributed by atoms with Crippen LogP contribution in [-0.4, -0.2) is 13.5 Å². The van der Waals surface area contributed by atoms with Crippen LogP contribution in [0.1, 0.15) is 11.1 Å². The van der Waals surface area contributed by atoms with Crippen molar-refractivity contribution in [2.75, 3.05) is 4.72 Å². The minimum atomic E-state index is -3.67. The molecule has 106 valence electrons. The Bertz CT molecular complexity index is 729. The highest BCUT2D eigenvalue weighted by Gasteiger charge is 2.15. The summed E-state index contributed by atoms with van der Waals surface area (Å²) in [4.78, 5) is 0.128.